The second-order valence-corrected chi connectivity index (χ2v) is 1.82. The van der Waals surface area contributed by atoms with Crippen LogP contribution in [0.25, 0.3) is 0 Å². The van der Waals surface area contributed by atoms with E-state index in [1.807, 2.05) is 6.92 Å². The highest BCUT2D eigenvalue weighted by Crippen LogP contribution is 1.87. The molecule has 0 aromatic rings. The lowest BCUT2D eigenvalue weighted by atomic mass is 10.4. The first-order chi connectivity index (χ1) is 4.27. The van der Waals surface area contributed by atoms with Gasteiger partial charge in [0.15, 0.2) is 0 Å². The van der Waals surface area contributed by atoms with Crippen molar-refractivity contribution >= 4 is 0 Å². The molecule has 0 aliphatic rings. The highest BCUT2D eigenvalue weighted by atomic mass is 16.5. The Morgan fingerprint density at radius 1 is 1.78 bits per heavy atom. The zero-order valence-corrected chi connectivity index (χ0v) is 5.63. The first-order valence-electron chi connectivity index (χ1n) is 2.79. The fraction of sp³-hybridized carbons (Fsp3) is 0.429. The van der Waals surface area contributed by atoms with Crippen LogP contribution in [0.2, 0.25) is 0 Å². The van der Waals surface area contributed by atoms with Crippen LogP contribution in [0.15, 0.2) is 24.5 Å². The number of rotatable bonds is 4. The van der Waals surface area contributed by atoms with Crippen molar-refractivity contribution in [2.45, 2.75) is 6.92 Å². The van der Waals surface area contributed by atoms with E-state index < -0.39 is 0 Å². The monoisotopic (exact) mass is 128 g/mol. The minimum atomic E-state index is 0.0240. The molecule has 0 heterocycles. The summed E-state index contributed by atoms with van der Waals surface area (Å²) in [4.78, 5) is 0. The topological polar surface area (TPSA) is 29.5 Å². The van der Waals surface area contributed by atoms with Crippen LogP contribution in [0.1, 0.15) is 6.92 Å². The zero-order valence-electron chi connectivity index (χ0n) is 5.63. The number of hydrogen-bond acceptors (Lipinski definition) is 2. The largest absolute Gasteiger partial charge is 0.497 e. The summed E-state index contributed by atoms with van der Waals surface area (Å²) in [5.41, 5.74) is 0.970. The van der Waals surface area contributed by atoms with Crippen molar-refractivity contribution in [2.75, 3.05) is 13.2 Å². The van der Waals surface area contributed by atoms with E-state index in [0.29, 0.717) is 6.61 Å². The average Bonchev–Trinajstić information content (AvgIpc) is 1.80. The standard InChI is InChI=1S/C7H12O2/c1-7(2)6-9-5-3-4-8/h3,5,8H,1,4,6H2,2H3. The highest BCUT2D eigenvalue weighted by Gasteiger charge is 1.79. The molecule has 0 amide bonds. The Labute approximate surface area is 55.5 Å². The van der Waals surface area contributed by atoms with E-state index in [-0.39, 0.29) is 6.61 Å². The maximum absolute atomic E-state index is 8.24. The summed E-state index contributed by atoms with van der Waals surface area (Å²) < 4.78 is 4.90. The predicted molar refractivity (Wildman–Crippen MR) is 37.0 cm³/mol. The summed E-state index contributed by atoms with van der Waals surface area (Å²) >= 11 is 0. The molecule has 0 aromatic carbocycles. The molecule has 0 fully saturated rings. The van der Waals surface area contributed by atoms with Crippen LogP contribution in [0, 0.1) is 0 Å². The van der Waals surface area contributed by atoms with E-state index in [1.54, 1.807) is 0 Å². The fourth-order valence-corrected chi connectivity index (χ4v) is 0.301. The Morgan fingerprint density at radius 3 is 2.89 bits per heavy atom. The van der Waals surface area contributed by atoms with Crippen molar-refractivity contribution in [2.24, 2.45) is 0 Å². The molecule has 0 saturated heterocycles. The molecule has 0 aliphatic carbocycles. The molecular weight excluding hydrogens is 116 g/mol. The first-order valence-corrected chi connectivity index (χ1v) is 2.79. The molecular formula is C7H12O2. The third-order valence-corrected chi connectivity index (χ3v) is 0.628. The van der Waals surface area contributed by atoms with Gasteiger partial charge in [-0.15, -0.1) is 0 Å². The van der Waals surface area contributed by atoms with E-state index in [2.05, 4.69) is 6.58 Å². The summed E-state index contributed by atoms with van der Waals surface area (Å²) in [6.07, 6.45) is 3.00. The van der Waals surface area contributed by atoms with Gasteiger partial charge >= 0.3 is 0 Å². The number of aliphatic hydroxyl groups excluding tert-OH is 1. The molecule has 0 spiro atoms. The fourth-order valence-electron chi connectivity index (χ4n) is 0.301. The van der Waals surface area contributed by atoms with Crippen LogP contribution in [0.3, 0.4) is 0 Å². The quantitative estimate of drug-likeness (QED) is 0.453. The molecule has 0 atom stereocenters. The SMILES string of the molecule is C=C(C)COC=CCO. The first kappa shape index (κ1) is 8.24. The van der Waals surface area contributed by atoms with Crippen molar-refractivity contribution in [3.05, 3.63) is 24.5 Å². The Bertz CT molecular complexity index is 105. The van der Waals surface area contributed by atoms with Gasteiger partial charge in [0.1, 0.15) is 6.61 Å². The van der Waals surface area contributed by atoms with Gasteiger partial charge in [-0.3, -0.25) is 0 Å². The number of hydrogen-bond donors (Lipinski definition) is 1. The van der Waals surface area contributed by atoms with Crippen LogP contribution < -0.4 is 0 Å². The third-order valence-electron chi connectivity index (χ3n) is 0.628. The third kappa shape index (κ3) is 7.24. The summed E-state index contributed by atoms with van der Waals surface area (Å²) in [7, 11) is 0. The van der Waals surface area contributed by atoms with Crippen molar-refractivity contribution in [1.29, 1.82) is 0 Å². The minimum absolute atomic E-state index is 0.0240. The molecule has 1 N–H and O–H groups in total. The zero-order chi connectivity index (χ0) is 7.11. The van der Waals surface area contributed by atoms with Crippen molar-refractivity contribution in [1.82, 2.24) is 0 Å². The van der Waals surface area contributed by atoms with Crippen LogP contribution in [0.5, 0.6) is 0 Å². The molecule has 2 nitrogen and oxygen atoms in total. The lowest BCUT2D eigenvalue weighted by molar-refractivity contribution is 0.272. The predicted octanol–water partition coefficient (Wildman–Crippen LogP) is 1.09. The lowest BCUT2D eigenvalue weighted by Gasteiger charge is -1.96. The molecule has 0 unspecified atom stereocenters. The van der Waals surface area contributed by atoms with Gasteiger partial charge in [0.25, 0.3) is 0 Å². The molecule has 0 bridgehead atoms. The second kappa shape index (κ2) is 5.38. The lowest BCUT2D eigenvalue weighted by Crippen LogP contribution is -1.86. The molecule has 2 heteroatoms. The van der Waals surface area contributed by atoms with Crippen molar-refractivity contribution in [3.63, 3.8) is 0 Å². The summed E-state index contributed by atoms with van der Waals surface area (Å²) in [6, 6.07) is 0. The van der Waals surface area contributed by atoms with Gasteiger partial charge in [-0.1, -0.05) is 6.58 Å². The molecule has 0 radical (unpaired) electrons. The average molecular weight is 128 g/mol. The number of aliphatic hydroxyl groups is 1. The summed E-state index contributed by atoms with van der Waals surface area (Å²) in [6.45, 7) is 6.06. The Hall–Kier alpha value is -0.760. The van der Waals surface area contributed by atoms with Gasteiger partial charge in [0.05, 0.1) is 12.9 Å². The number of ether oxygens (including phenoxy) is 1. The van der Waals surface area contributed by atoms with Gasteiger partial charge in [-0.2, -0.15) is 0 Å². The normalized spacial score (nSPS) is 10.0. The molecule has 0 saturated carbocycles. The Morgan fingerprint density at radius 2 is 2.44 bits per heavy atom. The van der Waals surface area contributed by atoms with Crippen LogP contribution >= 0.6 is 0 Å². The van der Waals surface area contributed by atoms with E-state index in [1.165, 1.54) is 12.3 Å². The second-order valence-electron chi connectivity index (χ2n) is 1.82. The Balaban J connectivity index is 3.09. The van der Waals surface area contributed by atoms with E-state index in [0.717, 1.165) is 5.57 Å². The van der Waals surface area contributed by atoms with E-state index >= 15 is 0 Å². The molecule has 52 valence electrons. The summed E-state index contributed by atoms with van der Waals surface area (Å²) in [5.74, 6) is 0. The van der Waals surface area contributed by atoms with Crippen LogP contribution in [0.4, 0.5) is 0 Å². The van der Waals surface area contributed by atoms with Crippen LogP contribution in [-0.4, -0.2) is 18.3 Å². The van der Waals surface area contributed by atoms with Gasteiger partial charge in [-0.25, -0.2) is 0 Å². The summed E-state index contributed by atoms with van der Waals surface area (Å²) in [5, 5.41) is 8.24. The van der Waals surface area contributed by atoms with Gasteiger partial charge in [0, 0.05) is 0 Å². The van der Waals surface area contributed by atoms with E-state index in [4.69, 9.17) is 9.84 Å². The molecule has 9 heavy (non-hydrogen) atoms. The maximum Gasteiger partial charge on any atom is 0.108 e. The smallest absolute Gasteiger partial charge is 0.108 e. The van der Waals surface area contributed by atoms with Gasteiger partial charge in [-0.05, 0) is 18.6 Å². The maximum atomic E-state index is 8.24. The van der Waals surface area contributed by atoms with Gasteiger partial charge in [0.2, 0.25) is 0 Å². The molecule has 0 aliphatic heterocycles. The molecule has 0 aromatic heterocycles. The van der Waals surface area contributed by atoms with Crippen molar-refractivity contribution in [3.8, 4) is 0 Å². The van der Waals surface area contributed by atoms with Crippen molar-refractivity contribution < 1.29 is 9.84 Å². The van der Waals surface area contributed by atoms with E-state index in [9.17, 15) is 0 Å². The minimum Gasteiger partial charge on any atom is -0.497 e. The highest BCUT2D eigenvalue weighted by molar-refractivity contribution is 4.88. The van der Waals surface area contributed by atoms with Gasteiger partial charge < -0.3 is 9.84 Å². The molecule has 0 rings (SSSR count). The Kier molecular flexibility index (Phi) is 4.92. The van der Waals surface area contributed by atoms with Crippen LogP contribution in [-0.2, 0) is 4.74 Å².